The highest BCUT2D eigenvalue weighted by Crippen LogP contribution is 2.18. The zero-order valence-electron chi connectivity index (χ0n) is 12.1. The number of nitrogens with one attached hydrogen (secondary N) is 2. The molecule has 0 aliphatic heterocycles. The Kier molecular flexibility index (Phi) is 5.10. The van der Waals surface area contributed by atoms with E-state index >= 15 is 0 Å². The number of benzene rings is 1. The SMILES string of the molecule is COC(C)(C)CNC(=O)Nc1cccc(C(=O)O)c1C. The van der Waals surface area contributed by atoms with Gasteiger partial charge in [0.25, 0.3) is 0 Å². The van der Waals surface area contributed by atoms with Gasteiger partial charge in [-0.1, -0.05) is 6.07 Å². The molecule has 0 radical (unpaired) electrons. The van der Waals surface area contributed by atoms with Gasteiger partial charge in [-0.15, -0.1) is 0 Å². The molecule has 0 heterocycles. The number of hydrogen-bond donors (Lipinski definition) is 3. The number of carboxylic acids is 1. The summed E-state index contributed by atoms with van der Waals surface area (Å²) in [6.07, 6.45) is 0. The summed E-state index contributed by atoms with van der Waals surface area (Å²) in [5.41, 5.74) is 0.689. The number of urea groups is 1. The van der Waals surface area contributed by atoms with E-state index in [-0.39, 0.29) is 5.56 Å². The fourth-order valence-corrected chi connectivity index (χ4v) is 1.53. The number of ether oxygens (including phenoxy) is 1. The fraction of sp³-hybridized carbons (Fsp3) is 0.429. The molecule has 110 valence electrons. The predicted molar refractivity (Wildman–Crippen MR) is 76.2 cm³/mol. The summed E-state index contributed by atoms with van der Waals surface area (Å²) in [5.74, 6) is -1.02. The van der Waals surface area contributed by atoms with E-state index in [9.17, 15) is 9.59 Å². The second-order valence-electron chi connectivity index (χ2n) is 5.05. The standard InChI is InChI=1S/C14H20N2O4/c1-9-10(12(17)18)6-5-7-11(9)16-13(19)15-8-14(2,3)20-4/h5-7H,8H2,1-4H3,(H,17,18)(H2,15,16,19). The molecular formula is C14H20N2O4. The van der Waals surface area contributed by atoms with Crippen molar-refractivity contribution in [1.29, 1.82) is 0 Å². The van der Waals surface area contributed by atoms with Gasteiger partial charge in [-0.3, -0.25) is 0 Å². The van der Waals surface area contributed by atoms with Gasteiger partial charge in [0.05, 0.1) is 11.2 Å². The topological polar surface area (TPSA) is 87.7 Å². The van der Waals surface area contributed by atoms with Gasteiger partial charge in [0.1, 0.15) is 0 Å². The van der Waals surface area contributed by atoms with E-state index in [0.29, 0.717) is 17.8 Å². The van der Waals surface area contributed by atoms with E-state index in [1.165, 1.54) is 6.07 Å². The minimum Gasteiger partial charge on any atom is -0.478 e. The van der Waals surface area contributed by atoms with Crippen LogP contribution in [0.1, 0.15) is 29.8 Å². The highest BCUT2D eigenvalue weighted by molar-refractivity contribution is 5.95. The molecule has 3 N–H and O–H groups in total. The third-order valence-corrected chi connectivity index (χ3v) is 3.04. The van der Waals surface area contributed by atoms with Crippen LogP contribution in [-0.2, 0) is 4.74 Å². The van der Waals surface area contributed by atoms with Crippen LogP contribution >= 0.6 is 0 Å². The maximum atomic E-state index is 11.8. The number of methoxy groups -OCH3 is 1. The highest BCUT2D eigenvalue weighted by Gasteiger charge is 2.18. The molecule has 1 rings (SSSR count). The van der Waals surface area contributed by atoms with Crippen molar-refractivity contribution in [3.8, 4) is 0 Å². The Hall–Kier alpha value is -2.08. The Bertz CT molecular complexity index is 512. The maximum Gasteiger partial charge on any atom is 0.336 e. The van der Waals surface area contributed by atoms with Crippen molar-refractivity contribution in [3.05, 3.63) is 29.3 Å². The van der Waals surface area contributed by atoms with Crippen LogP contribution in [0.4, 0.5) is 10.5 Å². The lowest BCUT2D eigenvalue weighted by molar-refractivity contribution is 0.0257. The van der Waals surface area contributed by atoms with Crippen molar-refractivity contribution in [2.45, 2.75) is 26.4 Å². The number of anilines is 1. The van der Waals surface area contributed by atoms with Gasteiger partial charge in [0.15, 0.2) is 0 Å². The van der Waals surface area contributed by atoms with Crippen LogP contribution in [0.5, 0.6) is 0 Å². The first kappa shape index (κ1) is 16.0. The van der Waals surface area contributed by atoms with E-state index in [1.54, 1.807) is 26.2 Å². The lowest BCUT2D eigenvalue weighted by Crippen LogP contribution is -2.41. The van der Waals surface area contributed by atoms with Gasteiger partial charge in [-0.2, -0.15) is 0 Å². The Morgan fingerprint density at radius 1 is 1.35 bits per heavy atom. The lowest BCUT2D eigenvalue weighted by Gasteiger charge is -2.23. The Labute approximate surface area is 118 Å². The molecule has 20 heavy (non-hydrogen) atoms. The van der Waals surface area contributed by atoms with E-state index < -0.39 is 17.6 Å². The zero-order chi connectivity index (χ0) is 15.3. The van der Waals surface area contributed by atoms with Gasteiger partial charge in [-0.05, 0) is 38.5 Å². The summed E-state index contributed by atoms with van der Waals surface area (Å²) >= 11 is 0. The summed E-state index contributed by atoms with van der Waals surface area (Å²) in [5, 5.41) is 14.3. The molecule has 0 aromatic heterocycles. The number of amides is 2. The number of aromatic carboxylic acids is 1. The van der Waals surface area contributed by atoms with Crippen LogP contribution in [-0.4, -0.2) is 36.4 Å². The van der Waals surface area contributed by atoms with E-state index in [0.717, 1.165) is 0 Å². The molecule has 0 aliphatic carbocycles. The summed E-state index contributed by atoms with van der Waals surface area (Å²) in [7, 11) is 1.57. The van der Waals surface area contributed by atoms with Crippen LogP contribution in [0, 0.1) is 6.92 Å². The molecule has 0 saturated carbocycles. The van der Waals surface area contributed by atoms with Crippen molar-refractivity contribution >= 4 is 17.7 Å². The molecule has 0 atom stereocenters. The van der Waals surface area contributed by atoms with E-state index in [2.05, 4.69) is 10.6 Å². The maximum absolute atomic E-state index is 11.8. The molecule has 0 unspecified atom stereocenters. The summed E-state index contributed by atoms with van der Waals surface area (Å²) in [6.45, 7) is 5.69. The molecule has 2 amide bonds. The quantitative estimate of drug-likeness (QED) is 0.772. The highest BCUT2D eigenvalue weighted by atomic mass is 16.5. The summed E-state index contributed by atoms with van der Waals surface area (Å²) in [6, 6.07) is 4.34. The molecule has 6 heteroatoms. The summed E-state index contributed by atoms with van der Waals surface area (Å²) in [4.78, 5) is 22.8. The Balaban J connectivity index is 2.72. The lowest BCUT2D eigenvalue weighted by atomic mass is 10.1. The number of hydrogen-bond acceptors (Lipinski definition) is 3. The van der Waals surface area contributed by atoms with Gasteiger partial charge >= 0.3 is 12.0 Å². The number of carbonyl (C=O) groups excluding carboxylic acids is 1. The molecule has 0 fully saturated rings. The minimum atomic E-state index is -1.02. The average molecular weight is 280 g/mol. The Morgan fingerprint density at radius 3 is 2.55 bits per heavy atom. The van der Waals surface area contributed by atoms with Gasteiger partial charge < -0.3 is 20.5 Å². The zero-order valence-corrected chi connectivity index (χ0v) is 12.1. The monoisotopic (exact) mass is 280 g/mol. The van der Waals surface area contributed by atoms with Crippen molar-refractivity contribution in [3.63, 3.8) is 0 Å². The number of carbonyl (C=O) groups is 2. The fourth-order valence-electron chi connectivity index (χ4n) is 1.53. The molecule has 0 bridgehead atoms. The van der Waals surface area contributed by atoms with Gasteiger partial charge in [0.2, 0.25) is 0 Å². The third-order valence-electron chi connectivity index (χ3n) is 3.04. The first-order chi connectivity index (χ1) is 9.26. The van der Waals surface area contributed by atoms with E-state index in [1.807, 2.05) is 13.8 Å². The molecule has 0 aliphatic rings. The van der Waals surface area contributed by atoms with Crippen molar-refractivity contribution in [2.24, 2.45) is 0 Å². The molecule has 0 spiro atoms. The van der Waals surface area contributed by atoms with Gasteiger partial charge in [0, 0.05) is 19.3 Å². The van der Waals surface area contributed by atoms with Crippen molar-refractivity contribution < 1.29 is 19.4 Å². The first-order valence-corrected chi connectivity index (χ1v) is 6.20. The first-order valence-electron chi connectivity index (χ1n) is 6.20. The minimum absolute atomic E-state index is 0.167. The average Bonchev–Trinajstić information content (AvgIpc) is 2.39. The predicted octanol–water partition coefficient (Wildman–Crippen LogP) is 2.24. The molecule has 6 nitrogen and oxygen atoms in total. The Morgan fingerprint density at radius 2 is 2.00 bits per heavy atom. The largest absolute Gasteiger partial charge is 0.478 e. The normalized spacial score (nSPS) is 11.0. The van der Waals surface area contributed by atoms with Crippen molar-refractivity contribution in [1.82, 2.24) is 5.32 Å². The summed E-state index contributed by atoms with van der Waals surface area (Å²) < 4.78 is 5.19. The number of rotatable bonds is 5. The van der Waals surface area contributed by atoms with Crippen LogP contribution in [0.3, 0.4) is 0 Å². The van der Waals surface area contributed by atoms with E-state index in [4.69, 9.17) is 9.84 Å². The molecule has 1 aromatic rings. The molecule has 1 aromatic carbocycles. The molecular weight excluding hydrogens is 260 g/mol. The second kappa shape index (κ2) is 6.38. The van der Waals surface area contributed by atoms with Crippen LogP contribution < -0.4 is 10.6 Å². The molecule has 0 saturated heterocycles. The second-order valence-corrected chi connectivity index (χ2v) is 5.05. The van der Waals surface area contributed by atoms with Crippen LogP contribution in [0.2, 0.25) is 0 Å². The van der Waals surface area contributed by atoms with Gasteiger partial charge in [-0.25, -0.2) is 9.59 Å². The number of carboxylic acid groups (broad SMARTS) is 1. The third kappa shape index (κ3) is 4.24. The van der Waals surface area contributed by atoms with Crippen LogP contribution in [0.15, 0.2) is 18.2 Å². The van der Waals surface area contributed by atoms with Crippen LogP contribution in [0.25, 0.3) is 0 Å². The smallest absolute Gasteiger partial charge is 0.336 e. The van der Waals surface area contributed by atoms with Crippen molar-refractivity contribution in [2.75, 3.05) is 19.0 Å².